The number of rotatable bonds is 41. The smallest absolute Gasteiger partial charge is 0.303 e. The van der Waals surface area contributed by atoms with Gasteiger partial charge in [0.1, 0.15) is 18.2 Å². The molecule has 0 saturated heterocycles. The first-order valence-electron chi connectivity index (χ1n) is 23.1. The highest BCUT2D eigenvalue weighted by Gasteiger charge is 2.33. The molecule has 1 amide bonds. The summed E-state index contributed by atoms with van der Waals surface area (Å²) >= 11 is 0. The molecule has 6 nitrogen and oxygen atoms in total. The second kappa shape index (κ2) is 40.0. The third-order valence-electron chi connectivity index (χ3n) is 10.8. The van der Waals surface area contributed by atoms with Crippen molar-refractivity contribution in [1.82, 2.24) is 5.32 Å². The number of carbonyl (C=O) groups excluding carboxylic acids is 3. The lowest BCUT2D eigenvalue weighted by Gasteiger charge is -2.28. The Morgan fingerprint density at radius 2 is 0.830 bits per heavy atom. The van der Waals surface area contributed by atoms with E-state index < -0.39 is 30.0 Å². The number of allylic oxidation sites excluding steroid dienone is 1. The standard InChI is InChI=1S/C47H89NO5/c1-5-7-9-11-13-15-17-19-20-21-22-23-24-25-26-27-29-31-33-35-37-39-41-45(51)48-46(47(52)42(3)49)44(53-43(4)50)40-38-36-34-32-30-28-18-16-14-12-10-8-6-2/h38,40,44,46-47,52H,5-37,39,41H2,1-4H3,(H,48,51). The van der Waals surface area contributed by atoms with Crippen LogP contribution in [0.2, 0.25) is 0 Å². The van der Waals surface area contributed by atoms with Gasteiger partial charge in [-0.1, -0.05) is 219 Å². The number of ketones is 1. The van der Waals surface area contributed by atoms with Gasteiger partial charge in [-0.15, -0.1) is 0 Å². The predicted octanol–water partition coefficient (Wildman–Crippen LogP) is 13.6. The average molecular weight is 748 g/mol. The maximum atomic E-state index is 12.9. The second-order valence-electron chi connectivity index (χ2n) is 16.1. The van der Waals surface area contributed by atoms with Crippen LogP contribution in [0.3, 0.4) is 0 Å². The van der Waals surface area contributed by atoms with E-state index in [1.54, 1.807) is 6.08 Å². The highest BCUT2D eigenvalue weighted by Crippen LogP contribution is 2.17. The molecular weight excluding hydrogens is 659 g/mol. The van der Waals surface area contributed by atoms with E-state index in [4.69, 9.17) is 4.74 Å². The Morgan fingerprint density at radius 3 is 1.15 bits per heavy atom. The number of esters is 1. The molecule has 3 unspecified atom stereocenters. The Balaban J connectivity index is 4.09. The molecule has 0 aromatic heterocycles. The Bertz CT molecular complexity index is 858. The Hall–Kier alpha value is -1.69. The monoisotopic (exact) mass is 748 g/mol. The molecule has 312 valence electrons. The minimum Gasteiger partial charge on any atom is -0.456 e. The average Bonchev–Trinajstić information content (AvgIpc) is 3.13. The van der Waals surface area contributed by atoms with E-state index in [9.17, 15) is 19.5 Å². The maximum absolute atomic E-state index is 12.9. The molecule has 0 aromatic carbocycles. The van der Waals surface area contributed by atoms with Crippen molar-refractivity contribution in [1.29, 1.82) is 0 Å². The lowest BCUT2D eigenvalue weighted by molar-refractivity contribution is -0.149. The van der Waals surface area contributed by atoms with Crippen molar-refractivity contribution in [2.24, 2.45) is 0 Å². The number of unbranched alkanes of at least 4 members (excludes halogenated alkanes) is 32. The zero-order valence-electron chi connectivity index (χ0n) is 35.7. The third kappa shape index (κ3) is 35.7. The number of hydrogen-bond acceptors (Lipinski definition) is 5. The fourth-order valence-electron chi connectivity index (χ4n) is 7.33. The van der Waals surface area contributed by atoms with Crippen LogP contribution in [0.4, 0.5) is 0 Å². The molecule has 0 heterocycles. The molecule has 0 aliphatic rings. The highest BCUT2D eigenvalue weighted by atomic mass is 16.5. The normalized spacial score (nSPS) is 13.3. The summed E-state index contributed by atoms with van der Waals surface area (Å²) in [6, 6.07) is -1.00. The van der Waals surface area contributed by atoms with Crippen molar-refractivity contribution in [2.45, 2.75) is 271 Å². The van der Waals surface area contributed by atoms with Gasteiger partial charge in [-0.2, -0.15) is 0 Å². The molecule has 0 aliphatic heterocycles. The topological polar surface area (TPSA) is 92.7 Å². The number of Topliss-reactive ketones (excluding diaryl/α,β-unsaturated/α-hetero) is 1. The molecule has 0 spiro atoms. The van der Waals surface area contributed by atoms with Crippen LogP contribution >= 0.6 is 0 Å². The first kappa shape index (κ1) is 51.3. The molecule has 0 saturated carbocycles. The van der Waals surface area contributed by atoms with Crippen molar-refractivity contribution in [3.05, 3.63) is 12.2 Å². The van der Waals surface area contributed by atoms with E-state index in [0.29, 0.717) is 6.42 Å². The van der Waals surface area contributed by atoms with E-state index >= 15 is 0 Å². The fraction of sp³-hybridized carbons (Fsp3) is 0.894. The van der Waals surface area contributed by atoms with Crippen molar-refractivity contribution in [3.63, 3.8) is 0 Å². The third-order valence-corrected chi connectivity index (χ3v) is 10.8. The summed E-state index contributed by atoms with van der Waals surface area (Å²) in [6.45, 7) is 7.14. The Kier molecular flexibility index (Phi) is 38.7. The van der Waals surface area contributed by atoms with E-state index in [0.717, 1.165) is 38.5 Å². The van der Waals surface area contributed by atoms with E-state index in [2.05, 4.69) is 19.2 Å². The van der Waals surface area contributed by atoms with Gasteiger partial charge < -0.3 is 15.2 Å². The largest absolute Gasteiger partial charge is 0.456 e. The maximum Gasteiger partial charge on any atom is 0.303 e. The van der Waals surface area contributed by atoms with Gasteiger partial charge in [-0.05, 0) is 32.3 Å². The number of amides is 1. The summed E-state index contributed by atoms with van der Waals surface area (Å²) in [4.78, 5) is 36.9. The molecule has 0 radical (unpaired) electrons. The van der Waals surface area contributed by atoms with Crippen molar-refractivity contribution < 1.29 is 24.2 Å². The van der Waals surface area contributed by atoms with Crippen LogP contribution in [0.25, 0.3) is 0 Å². The summed E-state index contributed by atoms with van der Waals surface area (Å²) in [6.07, 6.45) is 45.6. The van der Waals surface area contributed by atoms with Gasteiger partial charge in [0.05, 0.1) is 0 Å². The SMILES string of the molecule is CCCCCCCCCCCCCC=CC(OC(C)=O)C(NC(=O)CCCCCCCCCCCCCCCCCCCCCCCC)C(O)C(C)=O. The van der Waals surface area contributed by atoms with E-state index in [1.165, 1.54) is 194 Å². The van der Waals surface area contributed by atoms with Gasteiger partial charge >= 0.3 is 5.97 Å². The van der Waals surface area contributed by atoms with Crippen LogP contribution in [0, 0.1) is 0 Å². The van der Waals surface area contributed by atoms with Crippen molar-refractivity contribution >= 4 is 17.7 Å². The highest BCUT2D eigenvalue weighted by molar-refractivity contribution is 5.83. The van der Waals surface area contributed by atoms with Crippen LogP contribution in [0.15, 0.2) is 12.2 Å². The lowest BCUT2D eigenvalue weighted by atomic mass is 9.99. The number of aliphatic hydroxyl groups is 1. The van der Waals surface area contributed by atoms with Gasteiger partial charge in [-0.25, -0.2) is 0 Å². The minimum atomic E-state index is -1.44. The summed E-state index contributed by atoms with van der Waals surface area (Å²) in [5, 5.41) is 13.5. The van der Waals surface area contributed by atoms with E-state index in [-0.39, 0.29) is 5.91 Å². The summed E-state index contributed by atoms with van der Waals surface area (Å²) in [7, 11) is 0. The molecule has 0 rings (SSSR count). The molecule has 0 bridgehead atoms. The van der Waals surface area contributed by atoms with E-state index in [1.807, 2.05) is 6.08 Å². The quantitative estimate of drug-likeness (QED) is 0.0369. The second-order valence-corrected chi connectivity index (χ2v) is 16.1. The Morgan fingerprint density at radius 1 is 0.509 bits per heavy atom. The first-order chi connectivity index (χ1) is 25.8. The molecule has 0 aromatic rings. The number of carbonyl (C=O) groups is 3. The van der Waals surface area contributed by atoms with Gasteiger partial charge in [0.25, 0.3) is 0 Å². The summed E-state index contributed by atoms with van der Waals surface area (Å²) in [5.41, 5.74) is 0. The van der Waals surface area contributed by atoms with Crippen LogP contribution in [-0.2, 0) is 19.1 Å². The minimum absolute atomic E-state index is 0.223. The molecule has 53 heavy (non-hydrogen) atoms. The van der Waals surface area contributed by atoms with Crippen LogP contribution in [0.1, 0.15) is 252 Å². The van der Waals surface area contributed by atoms with Gasteiger partial charge in [0.2, 0.25) is 5.91 Å². The number of ether oxygens (including phenoxy) is 1. The van der Waals surface area contributed by atoms with Gasteiger partial charge in [-0.3, -0.25) is 14.4 Å². The van der Waals surface area contributed by atoms with Crippen LogP contribution < -0.4 is 5.32 Å². The predicted molar refractivity (Wildman–Crippen MR) is 226 cm³/mol. The van der Waals surface area contributed by atoms with Gasteiger partial charge in [0, 0.05) is 13.3 Å². The number of nitrogens with one attached hydrogen (secondary N) is 1. The first-order valence-corrected chi connectivity index (χ1v) is 23.1. The van der Waals surface area contributed by atoms with Crippen molar-refractivity contribution in [3.8, 4) is 0 Å². The molecule has 6 heteroatoms. The molecule has 0 fully saturated rings. The van der Waals surface area contributed by atoms with Gasteiger partial charge in [0.15, 0.2) is 5.78 Å². The lowest BCUT2D eigenvalue weighted by Crippen LogP contribution is -2.53. The number of aliphatic hydroxyl groups excluding tert-OH is 1. The zero-order valence-corrected chi connectivity index (χ0v) is 35.7. The van der Waals surface area contributed by atoms with Crippen molar-refractivity contribution in [2.75, 3.05) is 0 Å². The van der Waals surface area contributed by atoms with Crippen LogP contribution in [-0.4, -0.2) is 41.0 Å². The Labute approximate surface area is 329 Å². The zero-order chi connectivity index (χ0) is 39.0. The number of hydrogen-bond donors (Lipinski definition) is 2. The molecule has 3 atom stereocenters. The molecule has 2 N–H and O–H groups in total. The summed E-state index contributed by atoms with van der Waals surface area (Å²) < 4.78 is 5.49. The summed E-state index contributed by atoms with van der Waals surface area (Å²) in [5.74, 6) is -1.20. The molecular formula is C47H89NO5. The molecule has 0 aliphatic carbocycles. The van der Waals surface area contributed by atoms with Crippen LogP contribution in [0.5, 0.6) is 0 Å². The fourth-order valence-corrected chi connectivity index (χ4v) is 7.33.